The molecule has 0 fully saturated rings. The van der Waals surface area contributed by atoms with Crippen molar-refractivity contribution >= 4 is 22.9 Å². The third-order valence-electron chi connectivity index (χ3n) is 4.60. The van der Waals surface area contributed by atoms with Crippen LogP contribution >= 0.6 is 11.3 Å². The number of hydrogen-bond donors (Lipinski definition) is 2. The molecule has 0 saturated carbocycles. The number of carbonyl (C=O) groups excluding carboxylic acids is 1. The summed E-state index contributed by atoms with van der Waals surface area (Å²) in [4.78, 5) is 28.2. The Morgan fingerprint density at radius 3 is 2.88 bits per heavy atom. The summed E-state index contributed by atoms with van der Waals surface area (Å²) in [7, 11) is 0. The number of benzene rings is 1. The van der Waals surface area contributed by atoms with Gasteiger partial charge in [0.15, 0.2) is 0 Å². The van der Waals surface area contributed by atoms with Crippen LogP contribution in [0.3, 0.4) is 0 Å². The Kier molecular flexibility index (Phi) is 4.62. The number of thiazole rings is 1. The fourth-order valence-electron chi connectivity index (χ4n) is 3.35. The number of anilines is 1. The molecule has 2 heterocycles. The molecule has 2 N–H and O–H groups in total. The first kappa shape index (κ1) is 16.7. The summed E-state index contributed by atoms with van der Waals surface area (Å²) in [6.07, 6.45) is 4.50. The lowest BCUT2D eigenvalue weighted by molar-refractivity contribution is 0.102. The largest absolute Gasteiger partial charge is 0.321 e. The van der Waals surface area contributed by atoms with Gasteiger partial charge >= 0.3 is 0 Å². The van der Waals surface area contributed by atoms with E-state index in [4.69, 9.17) is 0 Å². The number of nitrogens with zero attached hydrogens (tertiary/aromatic N) is 2. The highest BCUT2D eigenvalue weighted by atomic mass is 32.1. The number of aromatic amines is 1. The number of nitrogens with one attached hydrogen (secondary N) is 2. The van der Waals surface area contributed by atoms with Crippen molar-refractivity contribution in [3.8, 4) is 0 Å². The molecule has 3 aromatic rings. The fourth-order valence-corrected chi connectivity index (χ4v) is 3.88. The van der Waals surface area contributed by atoms with E-state index in [0.717, 1.165) is 53.8 Å². The second-order valence-electron chi connectivity index (χ2n) is 6.37. The van der Waals surface area contributed by atoms with E-state index in [1.165, 1.54) is 11.3 Å². The molecule has 0 atom stereocenters. The molecule has 26 heavy (non-hydrogen) atoms. The third kappa shape index (κ3) is 3.43. The third-order valence-corrected chi connectivity index (χ3v) is 5.19. The molecule has 0 saturated heterocycles. The van der Waals surface area contributed by atoms with Crippen LogP contribution in [0.25, 0.3) is 0 Å². The molecule has 1 aromatic carbocycles. The quantitative estimate of drug-likeness (QED) is 0.743. The topological polar surface area (TPSA) is 87.7 Å². The highest BCUT2D eigenvalue weighted by Crippen LogP contribution is 2.23. The first-order valence-electron chi connectivity index (χ1n) is 8.58. The second-order valence-corrected chi connectivity index (χ2v) is 7.09. The Bertz CT molecular complexity index is 995. The minimum atomic E-state index is -0.219. The molecule has 0 aliphatic heterocycles. The number of fused-ring (bicyclic) bond motifs is 1. The molecular weight excluding hydrogens is 348 g/mol. The Morgan fingerprint density at radius 2 is 2.08 bits per heavy atom. The first-order valence-corrected chi connectivity index (χ1v) is 9.53. The lowest BCUT2D eigenvalue weighted by Crippen LogP contribution is -2.23. The van der Waals surface area contributed by atoms with Crippen LogP contribution < -0.4 is 10.9 Å². The summed E-state index contributed by atoms with van der Waals surface area (Å²) in [5, 5.41) is 11.5. The van der Waals surface area contributed by atoms with Crippen molar-refractivity contribution in [2.75, 3.05) is 5.32 Å². The molecule has 6 nitrogen and oxygen atoms in total. The van der Waals surface area contributed by atoms with Crippen molar-refractivity contribution in [3.63, 3.8) is 0 Å². The monoisotopic (exact) mass is 366 g/mol. The zero-order chi connectivity index (χ0) is 17.9. The maximum Gasteiger partial charge on any atom is 0.275 e. The van der Waals surface area contributed by atoms with Gasteiger partial charge in [0.1, 0.15) is 5.69 Å². The fraction of sp³-hybridized carbons (Fsp3) is 0.263. The number of amides is 1. The molecule has 0 radical (unpaired) electrons. The van der Waals surface area contributed by atoms with E-state index in [1.54, 1.807) is 10.9 Å². The Morgan fingerprint density at radius 1 is 1.23 bits per heavy atom. The molecule has 2 aromatic heterocycles. The lowest BCUT2D eigenvalue weighted by atomic mass is 9.90. The highest BCUT2D eigenvalue weighted by molar-refractivity contribution is 7.07. The van der Waals surface area contributed by atoms with Crippen LogP contribution in [0, 0.1) is 0 Å². The van der Waals surface area contributed by atoms with Gasteiger partial charge in [-0.3, -0.25) is 9.59 Å². The summed E-state index contributed by atoms with van der Waals surface area (Å²) in [5.74, 6) is -0.219. The predicted molar refractivity (Wildman–Crippen MR) is 101 cm³/mol. The van der Waals surface area contributed by atoms with Crippen LogP contribution in [0.2, 0.25) is 0 Å². The van der Waals surface area contributed by atoms with Gasteiger partial charge in [0, 0.05) is 23.1 Å². The molecule has 0 bridgehead atoms. The van der Waals surface area contributed by atoms with E-state index in [1.807, 2.05) is 24.3 Å². The zero-order valence-corrected chi connectivity index (χ0v) is 14.9. The van der Waals surface area contributed by atoms with E-state index in [-0.39, 0.29) is 11.5 Å². The van der Waals surface area contributed by atoms with Gasteiger partial charge in [-0.05, 0) is 48.9 Å². The maximum atomic E-state index is 12.2. The molecular formula is C19H18N4O2S. The van der Waals surface area contributed by atoms with Crippen molar-refractivity contribution in [1.82, 2.24) is 15.2 Å². The van der Waals surface area contributed by atoms with Crippen LogP contribution in [0.1, 0.15) is 45.7 Å². The van der Waals surface area contributed by atoms with E-state index >= 15 is 0 Å². The second kappa shape index (κ2) is 7.21. The normalized spacial score (nSPS) is 13.2. The average molecular weight is 366 g/mol. The van der Waals surface area contributed by atoms with Gasteiger partial charge in [0.05, 0.1) is 11.2 Å². The van der Waals surface area contributed by atoms with Gasteiger partial charge in [-0.1, -0.05) is 12.1 Å². The Hall–Kier alpha value is -2.80. The van der Waals surface area contributed by atoms with Crippen LogP contribution in [-0.4, -0.2) is 21.1 Å². The van der Waals surface area contributed by atoms with Crippen molar-refractivity contribution in [3.05, 3.63) is 73.6 Å². The first-order chi connectivity index (χ1) is 12.7. The molecule has 1 aliphatic rings. The number of aromatic nitrogens is 3. The minimum absolute atomic E-state index is 0.0623. The minimum Gasteiger partial charge on any atom is -0.321 e. The van der Waals surface area contributed by atoms with Crippen molar-refractivity contribution in [1.29, 1.82) is 0 Å². The predicted octanol–water partition coefficient (Wildman–Crippen LogP) is 2.95. The summed E-state index contributed by atoms with van der Waals surface area (Å²) < 4.78 is 0. The van der Waals surface area contributed by atoms with Gasteiger partial charge in [0.25, 0.3) is 11.5 Å². The molecule has 4 rings (SSSR count). The van der Waals surface area contributed by atoms with E-state index in [9.17, 15) is 9.59 Å². The van der Waals surface area contributed by atoms with Crippen LogP contribution in [0.15, 0.2) is 40.0 Å². The standard InChI is InChI=1S/C19H18N4O2S/c24-18-15-7-2-1-6-14(15)16(22-23-18)9-12-4-3-5-13(8-12)21-19(25)17-10-26-11-20-17/h3-5,8,10-11H,1-2,6-7,9H2,(H,21,25)(H,23,24). The maximum absolute atomic E-state index is 12.2. The molecule has 132 valence electrons. The van der Waals surface area contributed by atoms with Crippen molar-refractivity contribution in [2.24, 2.45) is 0 Å². The van der Waals surface area contributed by atoms with E-state index in [0.29, 0.717) is 12.1 Å². The SMILES string of the molecule is O=C(Nc1cccc(Cc2n[nH]c(=O)c3c2CCCC3)c1)c1cscn1. The van der Waals surface area contributed by atoms with Gasteiger partial charge in [0.2, 0.25) is 0 Å². The van der Waals surface area contributed by atoms with E-state index < -0.39 is 0 Å². The van der Waals surface area contributed by atoms with Crippen LogP contribution in [0.5, 0.6) is 0 Å². The number of rotatable bonds is 4. The zero-order valence-electron chi connectivity index (χ0n) is 14.1. The highest BCUT2D eigenvalue weighted by Gasteiger charge is 2.18. The van der Waals surface area contributed by atoms with Gasteiger partial charge < -0.3 is 5.32 Å². The van der Waals surface area contributed by atoms with Gasteiger partial charge in [-0.15, -0.1) is 11.3 Å². The molecule has 7 heteroatoms. The Balaban J connectivity index is 1.56. The molecule has 1 amide bonds. The number of hydrogen-bond acceptors (Lipinski definition) is 5. The molecule has 1 aliphatic carbocycles. The molecule has 0 spiro atoms. The summed E-state index contributed by atoms with van der Waals surface area (Å²) in [5.41, 5.74) is 6.64. The summed E-state index contributed by atoms with van der Waals surface area (Å²) in [6.45, 7) is 0. The summed E-state index contributed by atoms with van der Waals surface area (Å²) >= 11 is 1.39. The van der Waals surface area contributed by atoms with Gasteiger partial charge in [-0.2, -0.15) is 5.10 Å². The summed E-state index contributed by atoms with van der Waals surface area (Å²) in [6, 6.07) is 7.69. The average Bonchev–Trinajstić information content (AvgIpc) is 3.20. The van der Waals surface area contributed by atoms with Gasteiger partial charge in [-0.25, -0.2) is 10.1 Å². The van der Waals surface area contributed by atoms with Crippen molar-refractivity contribution < 1.29 is 4.79 Å². The lowest BCUT2D eigenvalue weighted by Gasteiger charge is -2.17. The Labute approximate surface area is 154 Å². The smallest absolute Gasteiger partial charge is 0.275 e. The molecule has 0 unspecified atom stereocenters. The van der Waals surface area contributed by atoms with Crippen LogP contribution in [-0.2, 0) is 19.3 Å². The number of carbonyl (C=O) groups is 1. The van der Waals surface area contributed by atoms with Crippen molar-refractivity contribution in [2.45, 2.75) is 32.1 Å². The van der Waals surface area contributed by atoms with Crippen LogP contribution in [0.4, 0.5) is 5.69 Å². The van der Waals surface area contributed by atoms with E-state index in [2.05, 4.69) is 20.5 Å². The number of H-pyrrole nitrogens is 1.